The maximum Gasteiger partial charge on any atom is 0.264 e. The molecule has 0 bridgehead atoms. The number of hydrogen-bond donors (Lipinski definition) is 1. The molecule has 144 valence electrons. The van der Waals surface area contributed by atoms with Crippen LogP contribution < -0.4 is 5.32 Å². The topological polar surface area (TPSA) is 67.2 Å². The Hall–Kier alpha value is -2.93. The van der Waals surface area contributed by atoms with Crippen molar-refractivity contribution >= 4 is 23.2 Å². The Morgan fingerprint density at radius 3 is 2.82 bits per heavy atom. The van der Waals surface area contributed by atoms with E-state index in [-0.39, 0.29) is 17.9 Å². The van der Waals surface area contributed by atoms with Crippen LogP contribution in [-0.2, 0) is 11.2 Å². The number of para-hydroxylation sites is 1. The average Bonchev–Trinajstić information content (AvgIpc) is 3.49. The molecular formula is C21H22N4O2S. The lowest BCUT2D eigenvalue weighted by Crippen LogP contribution is -2.46. The smallest absolute Gasteiger partial charge is 0.264 e. The number of benzene rings is 1. The zero-order valence-corrected chi connectivity index (χ0v) is 16.3. The summed E-state index contributed by atoms with van der Waals surface area (Å²) in [4.78, 5) is 27.6. The second-order valence-electron chi connectivity index (χ2n) is 6.80. The molecule has 1 atom stereocenters. The van der Waals surface area contributed by atoms with E-state index in [1.165, 1.54) is 11.3 Å². The van der Waals surface area contributed by atoms with Crippen molar-refractivity contribution in [1.29, 1.82) is 0 Å². The molecule has 3 aromatic rings. The number of amides is 2. The molecule has 0 aliphatic carbocycles. The Bertz CT molecular complexity index is 936. The quantitative estimate of drug-likeness (QED) is 0.699. The van der Waals surface area contributed by atoms with Crippen LogP contribution in [0.25, 0.3) is 5.69 Å². The summed E-state index contributed by atoms with van der Waals surface area (Å²) in [6.07, 6.45) is 6.07. The molecule has 1 N–H and O–H groups in total. The molecule has 2 aromatic heterocycles. The number of rotatable bonds is 6. The minimum atomic E-state index is -0.373. The molecule has 0 spiro atoms. The van der Waals surface area contributed by atoms with Crippen molar-refractivity contribution in [3.8, 4) is 5.69 Å². The first-order chi connectivity index (χ1) is 13.7. The van der Waals surface area contributed by atoms with Crippen LogP contribution in [0.4, 0.5) is 0 Å². The molecule has 0 unspecified atom stereocenters. The Morgan fingerprint density at radius 2 is 2.04 bits per heavy atom. The molecule has 1 fully saturated rings. The highest BCUT2D eigenvalue weighted by Gasteiger charge is 2.34. The average molecular weight is 395 g/mol. The van der Waals surface area contributed by atoms with Gasteiger partial charge in [0.15, 0.2) is 0 Å². The van der Waals surface area contributed by atoms with Gasteiger partial charge in [-0.25, -0.2) is 4.68 Å². The van der Waals surface area contributed by atoms with Gasteiger partial charge in [0.1, 0.15) is 6.04 Å². The molecular weight excluding hydrogens is 372 g/mol. The Morgan fingerprint density at radius 1 is 1.18 bits per heavy atom. The molecule has 7 heteroatoms. The van der Waals surface area contributed by atoms with Crippen molar-refractivity contribution < 1.29 is 9.59 Å². The fourth-order valence-corrected chi connectivity index (χ4v) is 4.16. The van der Waals surface area contributed by atoms with Crippen molar-refractivity contribution in [3.63, 3.8) is 0 Å². The monoisotopic (exact) mass is 394 g/mol. The van der Waals surface area contributed by atoms with Crippen LogP contribution in [0.3, 0.4) is 0 Å². The van der Waals surface area contributed by atoms with Crippen LogP contribution in [0.2, 0.25) is 0 Å². The lowest BCUT2D eigenvalue weighted by Gasteiger charge is -2.23. The molecule has 1 aliphatic rings. The molecule has 0 saturated carbocycles. The summed E-state index contributed by atoms with van der Waals surface area (Å²) in [5.41, 5.74) is 2.06. The van der Waals surface area contributed by atoms with Gasteiger partial charge >= 0.3 is 0 Å². The van der Waals surface area contributed by atoms with Crippen LogP contribution in [0.5, 0.6) is 0 Å². The van der Waals surface area contributed by atoms with E-state index < -0.39 is 0 Å². The van der Waals surface area contributed by atoms with Gasteiger partial charge < -0.3 is 10.2 Å². The van der Waals surface area contributed by atoms with Crippen molar-refractivity contribution in [2.75, 3.05) is 13.1 Å². The number of carbonyl (C=O) groups is 2. The molecule has 1 saturated heterocycles. The van der Waals surface area contributed by atoms with Crippen LogP contribution in [0, 0.1) is 0 Å². The highest BCUT2D eigenvalue weighted by molar-refractivity contribution is 7.12. The molecule has 28 heavy (non-hydrogen) atoms. The molecule has 3 heterocycles. The van der Waals surface area contributed by atoms with Crippen LogP contribution in [0.15, 0.2) is 60.2 Å². The van der Waals surface area contributed by atoms with Crippen LogP contribution in [0.1, 0.15) is 28.1 Å². The summed E-state index contributed by atoms with van der Waals surface area (Å²) in [5.74, 6) is -0.116. The lowest BCUT2D eigenvalue weighted by atomic mass is 10.2. The second kappa shape index (κ2) is 8.39. The minimum absolute atomic E-state index is 0.0446. The summed E-state index contributed by atoms with van der Waals surface area (Å²) in [5, 5.41) is 9.25. The third-order valence-corrected chi connectivity index (χ3v) is 5.78. The molecule has 1 aromatic carbocycles. The molecule has 1 aliphatic heterocycles. The summed E-state index contributed by atoms with van der Waals surface area (Å²) in [7, 11) is 0. The summed E-state index contributed by atoms with van der Waals surface area (Å²) in [6, 6.07) is 13.2. The van der Waals surface area contributed by atoms with Gasteiger partial charge in [-0.1, -0.05) is 24.3 Å². The maximum atomic E-state index is 12.6. The van der Waals surface area contributed by atoms with Crippen molar-refractivity contribution in [2.24, 2.45) is 0 Å². The number of hydrogen-bond acceptors (Lipinski definition) is 4. The standard InChI is InChI=1S/C21H22N4O2S/c26-20(18-8-4-12-24(18)21(27)19-9-5-13-28-19)22-11-10-16-14-23-25(15-16)17-6-2-1-3-7-17/h1-3,5-7,9,13-15,18H,4,8,10-12H2,(H,22,26)/t18-/m0/s1. The summed E-state index contributed by atoms with van der Waals surface area (Å²) < 4.78 is 1.83. The number of nitrogens with zero attached hydrogens (tertiary/aromatic N) is 3. The number of likely N-dealkylation sites (tertiary alicyclic amines) is 1. The van der Waals surface area contributed by atoms with E-state index >= 15 is 0 Å². The predicted molar refractivity (Wildman–Crippen MR) is 109 cm³/mol. The van der Waals surface area contributed by atoms with E-state index in [4.69, 9.17) is 0 Å². The molecule has 6 nitrogen and oxygen atoms in total. The Labute approximate surface area is 167 Å². The summed E-state index contributed by atoms with van der Waals surface area (Å²) in [6.45, 7) is 1.16. The van der Waals surface area contributed by atoms with Crippen LogP contribution in [-0.4, -0.2) is 45.6 Å². The van der Waals surface area contributed by atoms with E-state index in [0.717, 1.165) is 24.1 Å². The highest BCUT2D eigenvalue weighted by atomic mass is 32.1. The fraction of sp³-hybridized carbons (Fsp3) is 0.286. The van der Waals surface area contributed by atoms with Crippen molar-refractivity contribution in [2.45, 2.75) is 25.3 Å². The Kier molecular flexibility index (Phi) is 5.53. The largest absolute Gasteiger partial charge is 0.354 e. The van der Waals surface area contributed by atoms with Crippen molar-refractivity contribution in [3.05, 3.63) is 70.7 Å². The third kappa shape index (κ3) is 3.99. The first kappa shape index (κ1) is 18.4. The van der Waals surface area contributed by atoms with E-state index in [1.54, 1.807) is 4.90 Å². The fourth-order valence-electron chi connectivity index (χ4n) is 3.48. The zero-order valence-electron chi connectivity index (χ0n) is 15.5. The van der Waals surface area contributed by atoms with Gasteiger partial charge in [-0.3, -0.25) is 9.59 Å². The maximum absolute atomic E-state index is 12.6. The Balaban J connectivity index is 1.31. The first-order valence-electron chi connectivity index (χ1n) is 9.43. The molecule has 0 radical (unpaired) electrons. The number of aromatic nitrogens is 2. The van der Waals surface area contributed by atoms with Crippen LogP contribution >= 0.6 is 11.3 Å². The van der Waals surface area contributed by atoms with Gasteiger partial charge in [-0.2, -0.15) is 5.10 Å². The second-order valence-corrected chi connectivity index (χ2v) is 7.75. The van der Waals surface area contributed by atoms with Gasteiger partial charge in [-0.05, 0) is 48.4 Å². The molecule has 4 rings (SSSR count). The van der Waals surface area contributed by atoms with Crippen molar-refractivity contribution in [1.82, 2.24) is 20.0 Å². The number of thiophene rings is 1. The minimum Gasteiger partial charge on any atom is -0.354 e. The van der Waals surface area contributed by atoms with E-state index in [9.17, 15) is 9.59 Å². The number of nitrogens with one attached hydrogen (secondary N) is 1. The lowest BCUT2D eigenvalue weighted by molar-refractivity contribution is -0.124. The van der Waals surface area contributed by atoms with E-state index in [2.05, 4.69) is 10.4 Å². The predicted octanol–water partition coefficient (Wildman–Crippen LogP) is 2.90. The molecule has 2 amide bonds. The summed E-state index contributed by atoms with van der Waals surface area (Å²) >= 11 is 1.42. The normalized spacial score (nSPS) is 16.3. The third-order valence-electron chi connectivity index (χ3n) is 4.92. The van der Waals surface area contributed by atoms with Gasteiger partial charge in [0.25, 0.3) is 5.91 Å². The highest BCUT2D eigenvalue weighted by Crippen LogP contribution is 2.22. The number of carbonyl (C=O) groups excluding carboxylic acids is 2. The van der Waals surface area contributed by atoms with Gasteiger partial charge in [0.05, 0.1) is 16.8 Å². The van der Waals surface area contributed by atoms with E-state index in [1.807, 2.05) is 64.9 Å². The SMILES string of the molecule is O=C(NCCc1cnn(-c2ccccc2)c1)[C@@H]1CCCN1C(=O)c1cccs1. The van der Waals surface area contributed by atoms with Gasteiger partial charge in [0, 0.05) is 19.3 Å². The van der Waals surface area contributed by atoms with Gasteiger partial charge in [-0.15, -0.1) is 11.3 Å². The van der Waals surface area contributed by atoms with Gasteiger partial charge in [0.2, 0.25) is 5.91 Å². The van der Waals surface area contributed by atoms with E-state index in [0.29, 0.717) is 24.4 Å². The first-order valence-corrected chi connectivity index (χ1v) is 10.3. The zero-order chi connectivity index (χ0) is 19.3.